The van der Waals surface area contributed by atoms with Crippen LogP contribution < -0.4 is 16.2 Å². The van der Waals surface area contributed by atoms with Gasteiger partial charge in [0.25, 0.3) is 11.8 Å². The Kier molecular flexibility index (Phi) is 7.03. The van der Waals surface area contributed by atoms with E-state index >= 15 is 0 Å². The highest BCUT2D eigenvalue weighted by atomic mass is 79.9. The number of H-pyrrole nitrogens is 1. The molecule has 4 N–H and O–H groups in total. The number of hydrogen-bond acceptors (Lipinski definition) is 3. The zero-order valence-corrected chi connectivity index (χ0v) is 15.4. The minimum atomic E-state index is -0.449. The van der Waals surface area contributed by atoms with Gasteiger partial charge in [0.2, 0.25) is 5.91 Å². The van der Waals surface area contributed by atoms with Crippen LogP contribution in [0.1, 0.15) is 33.7 Å². The number of carbonyl (C=O) groups excluding carboxylic acids is 3. The Morgan fingerprint density at radius 1 is 1.08 bits per heavy atom. The molecule has 2 rings (SSSR count). The maximum absolute atomic E-state index is 11.9. The standard InChI is InChI=1S/C16H16BrClN4O3/c17-11-8-13(20-9-11)16(25)22-21-14(23)2-1-7-19-15(24)10-3-5-12(18)6-4-10/h3-6,8-9,20H,1-2,7H2,(H,19,24)(H,21,23)(H,22,25). The highest BCUT2D eigenvalue weighted by Crippen LogP contribution is 2.10. The van der Waals surface area contributed by atoms with Gasteiger partial charge in [-0.3, -0.25) is 25.2 Å². The van der Waals surface area contributed by atoms with Gasteiger partial charge in [-0.1, -0.05) is 11.6 Å². The van der Waals surface area contributed by atoms with Crippen molar-refractivity contribution in [3.8, 4) is 0 Å². The number of amides is 3. The van der Waals surface area contributed by atoms with Crippen molar-refractivity contribution in [3.05, 3.63) is 57.3 Å². The van der Waals surface area contributed by atoms with Crippen LogP contribution in [0.25, 0.3) is 0 Å². The molecular formula is C16H16BrClN4O3. The molecule has 0 unspecified atom stereocenters. The number of halogens is 2. The predicted molar refractivity (Wildman–Crippen MR) is 97.1 cm³/mol. The van der Waals surface area contributed by atoms with Crippen LogP contribution >= 0.6 is 27.5 Å². The Morgan fingerprint density at radius 3 is 2.44 bits per heavy atom. The van der Waals surface area contributed by atoms with Crippen molar-refractivity contribution < 1.29 is 14.4 Å². The Hall–Kier alpha value is -2.32. The largest absolute Gasteiger partial charge is 0.356 e. The number of aromatic nitrogens is 1. The van der Waals surface area contributed by atoms with E-state index in [1.807, 2.05) is 0 Å². The molecule has 0 aliphatic carbocycles. The van der Waals surface area contributed by atoms with Crippen molar-refractivity contribution >= 4 is 45.3 Å². The van der Waals surface area contributed by atoms with Gasteiger partial charge < -0.3 is 10.3 Å². The molecule has 0 radical (unpaired) electrons. The SMILES string of the molecule is O=C(CCCNC(=O)c1ccc(Cl)cc1)NNC(=O)c1cc(Br)c[nH]1. The smallest absolute Gasteiger partial charge is 0.286 e. The molecular weight excluding hydrogens is 412 g/mol. The summed E-state index contributed by atoms with van der Waals surface area (Å²) in [5.41, 5.74) is 5.44. The minimum Gasteiger partial charge on any atom is -0.356 e. The zero-order valence-electron chi connectivity index (χ0n) is 13.1. The highest BCUT2D eigenvalue weighted by Gasteiger charge is 2.09. The first-order valence-corrected chi connectivity index (χ1v) is 8.59. The number of hydrazine groups is 1. The molecule has 132 valence electrons. The van der Waals surface area contributed by atoms with Gasteiger partial charge in [0.05, 0.1) is 0 Å². The van der Waals surface area contributed by atoms with Crippen LogP contribution in [0.4, 0.5) is 0 Å². The molecule has 0 fully saturated rings. The summed E-state index contributed by atoms with van der Waals surface area (Å²) in [6.07, 6.45) is 2.21. The minimum absolute atomic E-state index is 0.162. The average Bonchev–Trinajstić information content (AvgIpc) is 3.03. The lowest BCUT2D eigenvalue weighted by molar-refractivity contribution is -0.121. The number of aromatic amines is 1. The zero-order chi connectivity index (χ0) is 18.2. The summed E-state index contributed by atoms with van der Waals surface area (Å²) in [7, 11) is 0. The molecule has 2 aromatic rings. The second kappa shape index (κ2) is 9.24. The maximum Gasteiger partial charge on any atom is 0.286 e. The summed E-state index contributed by atoms with van der Waals surface area (Å²) in [6.45, 7) is 0.340. The fourth-order valence-electron chi connectivity index (χ4n) is 1.91. The summed E-state index contributed by atoms with van der Waals surface area (Å²) < 4.78 is 0.736. The molecule has 0 saturated carbocycles. The summed E-state index contributed by atoms with van der Waals surface area (Å²) in [5.74, 6) is -1.03. The molecule has 7 nitrogen and oxygen atoms in total. The molecule has 9 heteroatoms. The predicted octanol–water partition coefficient (Wildman–Crippen LogP) is 2.40. The number of nitrogens with one attached hydrogen (secondary N) is 4. The van der Waals surface area contributed by atoms with Crippen molar-refractivity contribution in [1.29, 1.82) is 0 Å². The molecule has 1 aromatic heterocycles. The van der Waals surface area contributed by atoms with Gasteiger partial charge in [0.1, 0.15) is 5.69 Å². The topological polar surface area (TPSA) is 103 Å². The fourth-order valence-corrected chi connectivity index (χ4v) is 2.38. The van der Waals surface area contributed by atoms with Gasteiger partial charge in [-0.05, 0) is 52.7 Å². The molecule has 0 bridgehead atoms. The summed E-state index contributed by atoms with van der Waals surface area (Å²) in [6, 6.07) is 8.11. The molecule has 0 saturated heterocycles. The maximum atomic E-state index is 11.9. The fraction of sp³-hybridized carbons (Fsp3) is 0.188. The van der Waals surface area contributed by atoms with Crippen LogP contribution in [-0.4, -0.2) is 29.3 Å². The van der Waals surface area contributed by atoms with E-state index in [2.05, 4.69) is 37.1 Å². The van der Waals surface area contributed by atoms with Crippen LogP contribution in [0, 0.1) is 0 Å². The lowest BCUT2D eigenvalue weighted by atomic mass is 10.2. The Morgan fingerprint density at radius 2 is 1.80 bits per heavy atom. The van der Waals surface area contributed by atoms with Crippen LogP contribution in [0.5, 0.6) is 0 Å². The van der Waals surface area contributed by atoms with E-state index in [1.165, 1.54) is 0 Å². The van der Waals surface area contributed by atoms with E-state index in [0.29, 0.717) is 29.2 Å². The number of hydrogen-bond donors (Lipinski definition) is 4. The third-order valence-corrected chi connectivity index (χ3v) is 3.89. The third-order valence-electron chi connectivity index (χ3n) is 3.18. The monoisotopic (exact) mass is 426 g/mol. The van der Waals surface area contributed by atoms with Gasteiger partial charge in [-0.15, -0.1) is 0 Å². The van der Waals surface area contributed by atoms with Crippen LogP contribution in [0.2, 0.25) is 5.02 Å². The molecule has 1 aromatic carbocycles. The Labute approximate surface area is 157 Å². The van der Waals surface area contributed by atoms with E-state index in [9.17, 15) is 14.4 Å². The average molecular weight is 428 g/mol. The van der Waals surface area contributed by atoms with Crippen molar-refractivity contribution in [2.24, 2.45) is 0 Å². The first-order chi connectivity index (χ1) is 12.0. The Bertz CT molecular complexity index is 761. The molecule has 3 amide bonds. The van der Waals surface area contributed by atoms with E-state index in [1.54, 1.807) is 36.5 Å². The van der Waals surface area contributed by atoms with Crippen molar-refractivity contribution in [3.63, 3.8) is 0 Å². The molecule has 1 heterocycles. The van der Waals surface area contributed by atoms with Crippen molar-refractivity contribution in [2.45, 2.75) is 12.8 Å². The van der Waals surface area contributed by atoms with E-state index in [0.717, 1.165) is 4.47 Å². The van der Waals surface area contributed by atoms with E-state index < -0.39 is 5.91 Å². The van der Waals surface area contributed by atoms with Gasteiger partial charge in [-0.2, -0.15) is 0 Å². The molecule has 0 aliphatic heterocycles. The number of carbonyl (C=O) groups is 3. The van der Waals surface area contributed by atoms with Crippen LogP contribution in [0.3, 0.4) is 0 Å². The lowest BCUT2D eigenvalue weighted by Gasteiger charge is -2.07. The summed E-state index contributed by atoms with van der Waals surface area (Å²) in [5, 5.41) is 3.27. The van der Waals surface area contributed by atoms with Crippen molar-refractivity contribution in [1.82, 2.24) is 21.2 Å². The third kappa shape index (κ3) is 6.24. The molecule has 25 heavy (non-hydrogen) atoms. The van der Waals surface area contributed by atoms with Crippen LogP contribution in [0.15, 0.2) is 41.0 Å². The Balaban J connectivity index is 1.62. The number of rotatable bonds is 6. The van der Waals surface area contributed by atoms with Gasteiger partial charge >= 0.3 is 0 Å². The van der Waals surface area contributed by atoms with Crippen molar-refractivity contribution in [2.75, 3.05) is 6.54 Å². The lowest BCUT2D eigenvalue weighted by Crippen LogP contribution is -2.41. The van der Waals surface area contributed by atoms with E-state index in [-0.39, 0.29) is 18.2 Å². The highest BCUT2D eigenvalue weighted by molar-refractivity contribution is 9.10. The normalized spacial score (nSPS) is 10.2. The van der Waals surface area contributed by atoms with Gasteiger partial charge in [-0.25, -0.2) is 0 Å². The van der Waals surface area contributed by atoms with E-state index in [4.69, 9.17) is 11.6 Å². The number of benzene rings is 1. The summed E-state index contributed by atoms with van der Waals surface area (Å²) >= 11 is 8.97. The first kappa shape index (κ1) is 19.0. The first-order valence-electron chi connectivity index (χ1n) is 7.42. The quantitative estimate of drug-likeness (QED) is 0.420. The van der Waals surface area contributed by atoms with Gasteiger partial charge in [0, 0.05) is 34.2 Å². The van der Waals surface area contributed by atoms with Crippen LogP contribution in [-0.2, 0) is 4.79 Å². The second-order valence-electron chi connectivity index (χ2n) is 5.10. The molecule has 0 spiro atoms. The van der Waals surface area contributed by atoms with Gasteiger partial charge in [0.15, 0.2) is 0 Å². The summed E-state index contributed by atoms with van der Waals surface area (Å²) in [4.78, 5) is 38.0. The molecule has 0 aliphatic rings. The second-order valence-corrected chi connectivity index (χ2v) is 6.45. The molecule has 0 atom stereocenters.